The lowest BCUT2D eigenvalue weighted by Crippen LogP contribution is -2.46. The van der Waals surface area contributed by atoms with Crippen LogP contribution in [0.3, 0.4) is 0 Å². The molecule has 1 aliphatic rings. The first kappa shape index (κ1) is 14.7. The number of aromatic nitrogens is 2. The number of aliphatic carboxylic acids is 1. The van der Waals surface area contributed by atoms with Crippen molar-refractivity contribution in [1.29, 1.82) is 0 Å². The van der Waals surface area contributed by atoms with Crippen LogP contribution in [0.2, 0.25) is 0 Å². The molecule has 0 spiro atoms. The quantitative estimate of drug-likeness (QED) is 0.889. The normalized spacial score (nSPS) is 18.4. The summed E-state index contributed by atoms with van der Waals surface area (Å²) < 4.78 is 5.37. The first-order valence-electron chi connectivity index (χ1n) is 6.85. The third kappa shape index (κ3) is 3.18. The molecule has 3 heterocycles. The van der Waals surface area contributed by atoms with E-state index in [1.165, 1.54) is 0 Å². The van der Waals surface area contributed by atoms with E-state index in [1.54, 1.807) is 22.3 Å². The molecule has 1 fully saturated rings. The Kier molecular flexibility index (Phi) is 4.21. The fraction of sp³-hybridized carbons (Fsp3) is 0.357. The maximum Gasteiger partial charge on any atom is 0.306 e. The van der Waals surface area contributed by atoms with Crippen molar-refractivity contribution in [1.82, 2.24) is 15.1 Å². The molecule has 116 valence electrons. The molecule has 0 aliphatic carbocycles. The average Bonchev–Trinajstić information content (AvgIpc) is 3.17. The predicted octanol–water partition coefficient (Wildman–Crippen LogP) is 1.45. The minimum Gasteiger partial charge on any atom is -0.481 e. The lowest BCUT2D eigenvalue weighted by atomic mass is 10.2. The molecular formula is C14H15N3O4S. The van der Waals surface area contributed by atoms with Crippen LogP contribution in [0, 0.1) is 0 Å². The number of aromatic amines is 1. The largest absolute Gasteiger partial charge is 0.481 e. The van der Waals surface area contributed by atoms with Gasteiger partial charge in [-0.3, -0.25) is 14.7 Å². The zero-order chi connectivity index (χ0) is 15.5. The molecule has 1 saturated heterocycles. The van der Waals surface area contributed by atoms with Gasteiger partial charge in [-0.25, -0.2) is 0 Å². The van der Waals surface area contributed by atoms with Gasteiger partial charge in [0.2, 0.25) is 0 Å². The molecular weight excluding hydrogens is 306 g/mol. The van der Waals surface area contributed by atoms with Crippen LogP contribution in [0.1, 0.15) is 16.9 Å². The van der Waals surface area contributed by atoms with Gasteiger partial charge in [0.25, 0.3) is 5.91 Å². The van der Waals surface area contributed by atoms with Crippen LogP contribution in [0.4, 0.5) is 0 Å². The second-order valence-electron chi connectivity index (χ2n) is 4.99. The minimum absolute atomic E-state index is 0.106. The maximum absolute atomic E-state index is 12.5. The predicted molar refractivity (Wildman–Crippen MR) is 79.8 cm³/mol. The highest BCUT2D eigenvalue weighted by Gasteiger charge is 2.27. The van der Waals surface area contributed by atoms with Gasteiger partial charge < -0.3 is 14.7 Å². The molecule has 2 aromatic heterocycles. The fourth-order valence-electron chi connectivity index (χ4n) is 2.37. The molecule has 2 N–H and O–H groups in total. The number of hydrogen-bond acceptors (Lipinski definition) is 5. The molecule has 0 aromatic carbocycles. The van der Waals surface area contributed by atoms with E-state index in [0.717, 1.165) is 10.6 Å². The van der Waals surface area contributed by atoms with E-state index in [4.69, 9.17) is 9.84 Å². The van der Waals surface area contributed by atoms with E-state index in [9.17, 15) is 9.59 Å². The van der Waals surface area contributed by atoms with Gasteiger partial charge in [0.05, 0.1) is 29.7 Å². The molecule has 1 amide bonds. The van der Waals surface area contributed by atoms with E-state index in [-0.39, 0.29) is 18.9 Å². The van der Waals surface area contributed by atoms with Gasteiger partial charge in [0.15, 0.2) is 5.69 Å². The van der Waals surface area contributed by atoms with Crippen molar-refractivity contribution >= 4 is 23.2 Å². The molecule has 2 aromatic rings. The molecule has 3 rings (SSSR count). The topological polar surface area (TPSA) is 95.5 Å². The lowest BCUT2D eigenvalue weighted by Gasteiger charge is -2.31. The van der Waals surface area contributed by atoms with Gasteiger partial charge in [-0.1, -0.05) is 6.07 Å². The number of carboxylic acids is 1. The summed E-state index contributed by atoms with van der Waals surface area (Å²) in [7, 11) is 0. The van der Waals surface area contributed by atoms with Crippen molar-refractivity contribution < 1.29 is 19.4 Å². The second-order valence-corrected chi connectivity index (χ2v) is 5.93. The lowest BCUT2D eigenvalue weighted by molar-refractivity contribution is -0.141. The van der Waals surface area contributed by atoms with Gasteiger partial charge in [-0.2, -0.15) is 5.10 Å². The Balaban J connectivity index is 1.69. The van der Waals surface area contributed by atoms with Crippen LogP contribution >= 0.6 is 11.3 Å². The van der Waals surface area contributed by atoms with Crippen LogP contribution in [-0.4, -0.2) is 57.9 Å². The third-order valence-corrected chi connectivity index (χ3v) is 4.32. The van der Waals surface area contributed by atoms with E-state index >= 15 is 0 Å². The Hall–Kier alpha value is -2.19. The number of ether oxygens (including phenoxy) is 1. The highest BCUT2D eigenvalue weighted by Crippen LogP contribution is 2.23. The Morgan fingerprint density at radius 3 is 3.14 bits per heavy atom. The van der Waals surface area contributed by atoms with Crippen molar-refractivity contribution in [2.75, 3.05) is 19.7 Å². The highest BCUT2D eigenvalue weighted by molar-refractivity contribution is 7.13. The van der Waals surface area contributed by atoms with Gasteiger partial charge >= 0.3 is 5.97 Å². The summed E-state index contributed by atoms with van der Waals surface area (Å²) in [5.74, 6) is -1.14. The number of nitrogens with zero attached hydrogens (tertiary/aromatic N) is 2. The number of carbonyl (C=O) groups is 2. The van der Waals surface area contributed by atoms with Crippen molar-refractivity contribution in [3.63, 3.8) is 0 Å². The Morgan fingerprint density at radius 2 is 2.41 bits per heavy atom. The zero-order valence-electron chi connectivity index (χ0n) is 11.7. The molecule has 8 heteroatoms. The second kappa shape index (κ2) is 6.29. The Labute approximate surface area is 130 Å². The molecule has 0 saturated carbocycles. The number of amides is 1. The highest BCUT2D eigenvalue weighted by atomic mass is 32.1. The average molecular weight is 321 g/mol. The number of carboxylic acid groups (broad SMARTS) is 1. The molecule has 22 heavy (non-hydrogen) atoms. The Morgan fingerprint density at radius 1 is 1.55 bits per heavy atom. The molecule has 0 unspecified atom stereocenters. The number of thiophene rings is 1. The zero-order valence-corrected chi connectivity index (χ0v) is 12.5. The van der Waals surface area contributed by atoms with Gasteiger partial charge in [-0.15, -0.1) is 11.3 Å². The van der Waals surface area contributed by atoms with Crippen molar-refractivity contribution in [3.05, 3.63) is 29.3 Å². The fourth-order valence-corrected chi connectivity index (χ4v) is 3.07. The Bertz CT molecular complexity index is 667. The van der Waals surface area contributed by atoms with E-state index < -0.39 is 12.1 Å². The number of nitrogens with one attached hydrogen (secondary N) is 1. The standard InChI is InChI=1S/C14H15N3O4S/c18-13(19)6-9-8-17(3-4-21-9)14(20)11-7-10(15-16-11)12-2-1-5-22-12/h1-2,5,7,9H,3-4,6,8H2,(H,15,16)(H,18,19)/t9-/m0/s1. The monoisotopic (exact) mass is 321 g/mol. The number of rotatable bonds is 4. The van der Waals surface area contributed by atoms with E-state index in [1.807, 2.05) is 17.5 Å². The molecule has 1 aliphatic heterocycles. The van der Waals surface area contributed by atoms with Crippen LogP contribution in [0.15, 0.2) is 23.6 Å². The summed E-state index contributed by atoms with van der Waals surface area (Å²) in [5.41, 5.74) is 1.13. The summed E-state index contributed by atoms with van der Waals surface area (Å²) in [4.78, 5) is 25.8. The van der Waals surface area contributed by atoms with Crippen molar-refractivity contribution in [2.24, 2.45) is 0 Å². The number of carbonyl (C=O) groups excluding carboxylic acids is 1. The molecule has 0 radical (unpaired) electrons. The van der Waals surface area contributed by atoms with Crippen LogP contribution in [0.25, 0.3) is 10.6 Å². The molecule has 0 bridgehead atoms. The first-order valence-corrected chi connectivity index (χ1v) is 7.73. The van der Waals surface area contributed by atoms with Crippen LogP contribution < -0.4 is 0 Å². The van der Waals surface area contributed by atoms with Gasteiger partial charge in [0, 0.05) is 13.1 Å². The van der Waals surface area contributed by atoms with Gasteiger partial charge in [-0.05, 0) is 17.5 Å². The molecule has 7 nitrogen and oxygen atoms in total. The number of hydrogen-bond donors (Lipinski definition) is 2. The summed E-state index contributed by atoms with van der Waals surface area (Å²) in [6.45, 7) is 1.05. The van der Waals surface area contributed by atoms with E-state index in [2.05, 4.69) is 10.2 Å². The smallest absolute Gasteiger partial charge is 0.306 e. The van der Waals surface area contributed by atoms with Gasteiger partial charge in [0.1, 0.15) is 0 Å². The maximum atomic E-state index is 12.5. The van der Waals surface area contributed by atoms with Crippen LogP contribution in [0.5, 0.6) is 0 Å². The summed E-state index contributed by atoms with van der Waals surface area (Å²) in [5, 5.41) is 17.7. The van der Waals surface area contributed by atoms with E-state index in [0.29, 0.717) is 18.8 Å². The van der Waals surface area contributed by atoms with Crippen molar-refractivity contribution in [2.45, 2.75) is 12.5 Å². The summed E-state index contributed by atoms with van der Waals surface area (Å²) in [6.07, 6.45) is -0.573. The number of morpholine rings is 1. The minimum atomic E-state index is -0.931. The SMILES string of the molecule is O=C(O)C[C@H]1CN(C(=O)c2cc(-c3cccs3)[nH]n2)CCO1. The summed E-state index contributed by atoms with van der Waals surface area (Å²) in [6, 6.07) is 5.60. The van der Waals surface area contributed by atoms with Crippen molar-refractivity contribution in [3.8, 4) is 10.6 Å². The molecule has 1 atom stereocenters. The third-order valence-electron chi connectivity index (χ3n) is 3.41. The summed E-state index contributed by atoms with van der Waals surface area (Å²) >= 11 is 1.56. The first-order chi connectivity index (χ1) is 10.6. The van der Waals surface area contributed by atoms with Crippen LogP contribution in [-0.2, 0) is 9.53 Å². The number of H-pyrrole nitrogens is 1.